The highest BCUT2D eigenvalue weighted by molar-refractivity contribution is 7.46. The Balaban J connectivity index is 2.06. The molecule has 5 nitrogen and oxygen atoms in total. The Hall–Kier alpha value is -1.58. The van der Waals surface area contributed by atoms with Gasteiger partial charge in [-0.3, -0.25) is 0 Å². The molecule has 0 aliphatic carbocycles. The first-order valence-electron chi connectivity index (χ1n) is 7.59. The molecule has 0 bridgehead atoms. The van der Waals surface area contributed by atoms with Crippen LogP contribution >= 0.6 is 20.2 Å². The molecule has 1 aromatic heterocycles. The lowest BCUT2D eigenvalue weighted by Gasteiger charge is -2.13. The van der Waals surface area contributed by atoms with Crippen LogP contribution < -0.4 is 21.1 Å². The molecule has 0 saturated carbocycles. The minimum absolute atomic E-state index is 0.229. The van der Waals surface area contributed by atoms with Gasteiger partial charge in [0.25, 0.3) is 0 Å². The number of nitrogens with two attached hydrogens (primary N) is 1. The molecule has 1 unspecified atom stereocenters. The number of anilines is 2. The van der Waals surface area contributed by atoms with E-state index < -0.39 is 0 Å². The predicted octanol–water partition coefficient (Wildman–Crippen LogP) is 3.44. The number of nitrogens with one attached hydrogen (secondary N) is 1. The molecule has 2 rings (SSSR count). The lowest BCUT2D eigenvalue weighted by Crippen LogP contribution is -2.09. The molecule has 1 aromatic carbocycles. The molecule has 0 spiro atoms. The maximum absolute atomic E-state index is 6.25. The highest BCUT2D eigenvalue weighted by Crippen LogP contribution is 2.23. The smallest absolute Gasteiger partial charge is 0.222 e. The Labute approximate surface area is 143 Å². The summed E-state index contributed by atoms with van der Waals surface area (Å²) in [6.45, 7) is 5.47. The molecule has 1 atom stereocenters. The van der Waals surface area contributed by atoms with E-state index in [-0.39, 0.29) is 5.95 Å². The first kappa shape index (κ1) is 17.8. The fourth-order valence-electron chi connectivity index (χ4n) is 2.01. The van der Waals surface area contributed by atoms with Gasteiger partial charge in [0.05, 0.1) is 6.20 Å². The highest BCUT2D eigenvalue weighted by Gasteiger charge is 2.08. The summed E-state index contributed by atoms with van der Waals surface area (Å²) in [5.41, 5.74) is 6.66. The SMILES string of the molecule is CCCCNc1nc(N)ncc1OCc1ccc(PC)c(Cl)c1. The van der Waals surface area contributed by atoms with E-state index in [1.165, 1.54) is 0 Å². The van der Waals surface area contributed by atoms with Crippen molar-refractivity contribution in [2.24, 2.45) is 0 Å². The van der Waals surface area contributed by atoms with Crippen LogP contribution in [0.1, 0.15) is 25.3 Å². The molecular formula is C16H22ClN4OP. The number of benzene rings is 1. The maximum Gasteiger partial charge on any atom is 0.222 e. The van der Waals surface area contributed by atoms with Crippen molar-refractivity contribution < 1.29 is 4.74 Å². The first-order valence-corrected chi connectivity index (χ1v) is 9.47. The topological polar surface area (TPSA) is 73.1 Å². The van der Waals surface area contributed by atoms with Crippen LogP contribution in [0.4, 0.5) is 11.8 Å². The van der Waals surface area contributed by atoms with E-state index >= 15 is 0 Å². The maximum atomic E-state index is 6.25. The molecule has 0 amide bonds. The Morgan fingerprint density at radius 3 is 2.91 bits per heavy atom. The number of nitrogen functional groups attached to an aromatic ring is 1. The zero-order chi connectivity index (χ0) is 16.7. The average molecular weight is 353 g/mol. The Bertz CT molecular complexity index is 654. The number of unbranched alkanes of at least 4 members (excludes halogenated alkanes) is 1. The summed E-state index contributed by atoms with van der Waals surface area (Å²) in [4.78, 5) is 8.21. The summed E-state index contributed by atoms with van der Waals surface area (Å²) in [7, 11) is 0.680. The molecule has 3 N–H and O–H groups in total. The number of ether oxygens (including phenoxy) is 1. The number of nitrogens with zero attached hydrogens (tertiary/aromatic N) is 2. The van der Waals surface area contributed by atoms with E-state index in [1.807, 2.05) is 18.2 Å². The summed E-state index contributed by atoms with van der Waals surface area (Å²) in [6.07, 6.45) is 3.75. The van der Waals surface area contributed by atoms with Gasteiger partial charge in [0.2, 0.25) is 5.95 Å². The quantitative estimate of drug-likeness (QED) is 0.562. The third-order valence-corrected chi connectivity index (χ3v) is 4.74. The minimum Gasteiger partial charge on any atom is -0.483 e. The van der Waals surface area contributed by atoms with E-state index in [4.69, 9.17) is 22.1 Å². The average Bonchev–Trinajstić information content (AvgIpc) is 2.54. The van der Waals surface area contributed by atoms with Crippen molar-refractivity contribution in [2.75, 3.05) is 24.3 Å². The van der Waals surface area contributed by atoms with Gasteiger partial charge in [0.1, 0.15) is 6.61 Å². The second kappa shape index (κ2) is 8.90. The lowest BCUT2D eigenvalue weighted by atomic mass is 10.2. The van der Waals surface area contributed by atoms with Gasteiger partial charge in [-0.25, -0.2) is 4.98 Å². The molecule has 0 radical (unpaired) electrons. The number of rotatable bonds is 8. The van der Waals surface area contributed by atoms with E-state index in [1.54, 1.807) is 6.20 Å². The van der Waals surface area contributed by atoms with Gasteiger partial charge in [-0.15, -0.1) is 0 Å². The molecule has 0 saturated heterocycles. The molecule has 124 valence electrons. The van der Waals surface area contributed by atoms with E-state index in [0.29, 0.717) is 26.8 Å². The second-order valence-electron chi connectivity index (χ2n) is 5.07. The molecule has 1 heterocycles. The van der Waals surface area contributed by atoms with Gasteiger partial charge in [-0.1, -0.05) is 45.7 Å². The molecule has 2 aromatic rings. The van der Waals surface area contributed by atoms with Gasteiger partial charge in [0, 0.05) is 11.6 Å². The molecule has 0 aliphatic heterocycles. The van der Waals surface area contributed by atoms with Gasteiger partial charge in [-0.2, -0.15) is 4.98 Å². The first-order chi connectivity index (χ1) is 11.1. The van der Waals surface area contributed by atoms with Crippen molar-refractivity contribution in [1.29, 1.82) is 0 Å². The van der Waals surface area contributed by atoms with E-state index in [9.17, 15) is 0 Å². The fraction of sp³-hybridized carbons (Fsp3) is 0.375. The zero-order valence-corrected chi connectivity index (χ0v) is 15.2. The van der Waals surface area contributed by atoms with Gasteiger partial charge in [-0.05, 0) is 30.0 Å². The van der Waals surface area contributed by atoms with Crippen molar-refractivity contribution in [3.8, 4) is 5.75 Å². The highest BCUT2D eigenvalue weighted by atomic mass is 35.5. The van der Waals surface area contributed by atoms with Crippen LogP contribution in [0.2, 0.25) is 5.02 Å². The lowest BCUT2D eigenvalue weighted by molar-refractivity contribution is 0.305. The van der Waals surface area contributed by atoms with Crippen molar-refractivity contribution in [1.82, 2.24) is 9.97 Å². The predicted molar refractivity (Wildman–Crippen MR) is 99.5 cm³/mol. The number of hydrogen-bond donors (Lipinski definition) is 2. The standard InChI is InChI=1S/C16H22ClN4OP/c1-3-4-7-19-15-13(9-20-16(18)21-15)22-10-11-5-6-14(23-2)12(17)8-11/h5-6,8-9,23H,3-4,7,10H2,1-2H3,(H3,18,19,20,21). The van der Waals surface area contributed by atoms with Crippen molar-refractivity contribution in [3.63, 3.8) is 0 Å². The number of hydrogen-bond acceptors (Lipinski definition) is 5. The van der Waals surface area contributed by atoms with Crippen LogP contribution in [0.5, 0.6) is 5.75 Å². The molecule has 23 heavy (non-hydrogen) atoms. The Morgan fingerprint density at radius 2 is 2.22 bits per heavy atom. The number of halogens is 1. The minimum atomic E-state index is 0.229. The second-order valence-corrected chi connectivity index (χ2v) is 6.52. The fourth-order valence-corrected chi connectivity index (χ4v) is 3.06. The van der Waals surface area contributed by atoms with Crippen molar-refractivity contribution in [3.05, 3.63) is 35.0 Å². The third kappa shape index (κ3) is 5.22. The molecular weight excluding hydrogens is 331 g/mol. The largest absolute Gasteiger partial charge is 0.483 e. The summed E-state index contributed by atoms with van der Waals surface area (Å²) < 4.78 is 5.84. The third-order valence-electron chi connectivity index (χ3n) is 3.29. The van der Waals surface area contributed by atoms with Gasteiger partial charge >= 0.3 is 0 Å². The van der Waals surface area contributed by atoms with Crippen molar-refractivity contribution >= 4 is 37.3 Å². The van der Waals surface area contributed by atoms with Crippen LogP contribution in [0.3, 0.4) is 0 Å². The van der Waals surface area contributed by atoms with Crippen LogP contribution in [-0.4, -0.2) is 23.2 Å². The normalized spacial score (nSPS) is 11.1. The number of aromatic nitrogens is 2. The monoisotopic (exact) mass is 352 g/mol. The van der Waals surface area contributed by atoms with Gasteiger partial charge < -0.3 is 15.8 Å². The van der Waals surface area contributed by atoms with E-state index in [2.05, 4.69) is 28.9 Å². The summed E-state index contributed by atoms with van der Waals surface area (Å²) in [5, 5.41) is 5.18. The molecule has 0 fully saturated rings. The molecule has 0 aliphatic rings. The summed E-state index contributed by atoms with van der Waals surface area (Å²) >= 11 is 6.25. The summed E-state index contributed by atoms with van der Waals surface area (Å²) in [5.74, 6) is 1.45. The van der Waals surface area contributed by atoms with Gasteiger partial charge in [0.15, 0.2) is 11.6 Å². The summed E-state index contributed by atoms with van der Waals surface area (Å²) in [6, 6.07) is 6.01. The van der Waals surface area contributed by atoms with Crippen LogP contribution in [0, 0.1) is 0 Å². The van der Waals surface area contributed by atoms with Crippen LogP contribution in [0.15, 0.2) is 24.4 Å². The zero-order valence-electron chi connectivity index (χ0n) is 13.4. The van der Waals surface area contributed by atoms with E-state index in [0.717, 1.165) is 35.3 Å². The van der Waals surface area contributed by atoms with Crippen LogP contribution in [0.25, 0.3) is 0 Å². The Kier molecular flexibility index (Phi) is 6.87. The van der Waals surface area contributed by atoms with Crippen LogP contribution in [-0.2, 0) is 6.61 Å². The Morgan fingerprint density at radius 1 is 1.39 bits per heavy atom. The molecule has 7 heteroatoms. The van der Waals surface area contributed by atoms with Crippen molar-refractivity contribution in [2.45, 2.75) is 26.4 Å².